The van der Waals surface area contributed by atoms with Crippen LogP contribution in [0.15, 0.2) is 36.9 Å². The van der Waals surface area contributed by atoms with E-state index in [1.54, 1.807) is 13.0 Å². The Morgan fingerprint density at radius 2 is 2.18 bits per heavy atom. The van der Waals surface area contributed by atoms with Gasteiger partial charge in [0.05, 0.1) is 6.61 Å². The number of hydrogen-bond donors (Lipinski definition) is 2. The molecule has 0 radical (unpaired) electrons. The van der Waals surface area contributed by atoms with Crippen molar-refractivity contribution in [2.45, 2.75) is 26.4 Å². The van der Waals surface area contributed by atoms with Gasteiger partial charge in [-0.1, -0.05) is 35.9 Å². The molecule has 116 valence electrons. The predicted octanol–water partition coefficient (Wildman–Crippen LogP) is 2.70. The lowest BCUT2D eigenvalue weighted by Gasteiger charge is -2.10. The number of hydrogen-bond acceptors (Lipinski definition) is 4. The molecule has 1 unspecified atom stereocenters. The molecule has 0 saturated carbocycles. The highest BCUT2D eigenvalue weighted by Gasteiger charge is 2.15. The Labute approximate surface area is 129 Å². The number of nitrogens with one attached hydrogen (secondary N) is 2. The van der Waals surface area contributed by atoms with Crippen LogP contribution in [-0.4, -0.2) is 33.8 Å². The molecule has 1 aromatic heterocycles. The van der Waals surface area contributed by atoms with Gasteiger partial charge >= 0.3 is 0 Å². The maximum atomic E-state index is 11.9. The van der Waals surface area contributed by atoms with Crippen molar-refractivity contribution in [1.29, 1.82) is 0 Å². The van der Waals surface area contributed by atoms with Crippen molar-refractivity contribution in [1.82, 2.24) is 15.2 Å². The molecule has 0 aliphatic rings. The van der Waals surface area contributed by atoms with E-state index in [0.717, 1.165) is 5.56 Å². The zero-order valence-electron chi connectivity index (χ0n) is 12.8. The van der Waals surface area contributed by atoms with Crippen LogP contribution in [0.5, 0.6) is 0 Å². The van der Waals surface area contributed by atoms with Gasteiger partial charge in [0, 0.05) is 5.56 Å². The number of amides is 1. The number of rotatable bonds is 7. The minimum Gasteiger partial charge on any atom is -0.368 e. The van der Waals surface area contributed by atoms with Crippen molar-refractivity contribution in [3.8, 4) is 11.4 Å². The number of benzene rings is 1. The van der Waals surface area contributed by atoms with E-state index in [2.05, 4.69) is 27.1 Å². The number of ether oxygens (including phenoxy) is 1. The molecule has 6 heteroatoms. The average molecular weight is 300 g/mol. The Morgan fingerprint density at radius 3 is 2.86 bits per heavy atom. The van der Waals surface area contributed by atoms with Crippen molar-refractivity contribution in [3.05, 3.63) is 42.5 Å². The first-order valence-corrected chi connectivity index (χ1v) is 7.13. The fraction of sp³-hybridized carbons (Fsp3) is 0.312. The lowest BCUT2D eigenvalue weighted by molar-refractivity contribution is -0.126. The Bertz CT molecular complexity index is 634. The van der Waals surface area contributed by atoms with Gasteiger partial charge in [0.1, 0.15) is 6.10 Å². The summed E-state index contributed by atoms with van der Waals surface area (Å²) in [4.78, 5) is 16.2. The number of anilines is 1. The van der Waals surface area contributed by atoms with Crippen molar-refractivity contribution >= 4 is 11.9 Å². The Kier molecular flexibility index (Phi) is 5.43. The van der Waals surface area contributed by atoms with E-state index in [-0.39, 0.29) is 11.9 Å². The summed E-state index contributed by atoms with van der Waals surface area (Å²) in [7, 11) is 0. The number of carbonyl (C=O) groups excluding carboxylic acids is 1. The summed E-state index contributed by atoms with van der Waals surface area (Å²) in [6.07, 6.45) is 1.88. The monoisotopic (exact) mass is 300 g/mol. The minimum absolute atomic E-state index is 0.236. The van der Waals surface area contributed by atoms with Crippen molar-refractivity contribution < 1.29 is 9.53 Å². The third-order valence-electron chi connectivity index (χ3n) is 3.10. The van der Waals surface area contributed by atoms with E-state index in [0.29, 0.717) is 18.9 Å². The molecule has 6 nitrogen and oxygen atoms in total. The summed E-state index contributed by atoms with van der Waals surface area (Å²) < 4.78 is 5.37. The predicted molar refractivity (Wildman–Crippen MR) is 85.4 cm³/mol. The lowest BCUT2D eigenvalue weighted by Crippen LogP contribution is -2.28. The number of carbonyl (C=O) groups is 1. The standard InChI is InChI=1S/C16H20N4O2/c1-4-5-10-22-12(3)15(21)18-16-17-14(19-20-16)13-8-6-11(2)7-9-13/h4,6-9,12H,1,5,10H2,2-3H3,(H2,17,18,19,20,21). The minimum atomic E-state index is -0.568. The van der Waals surface area contributed by atoms with Crippen LogP contribution in [-0.2, 0) is 9.53 Å². The van der Waals surface area contributed by atoms with Gasteiger partial charge in [-0.2, -0.15) is 4.98 Å². The van der Waals surface area contributed by atoms with Crippen LogP contribution in [0.2, 0.25) is 0 Å². The van der Waals surface area contributed by atoms with Crippen molar-refractivity contribution in [3.63, 3.8) is 0 Å². The molecule has 0 fully saturated rings. The molecule has 0 spiro atoms. The average Bonchev–Trinajstić information content (AvgIpc) is 2.96. The number of H-pyrrole nitrogens is 1. The summed E-state index contributed by atoms with van der Waals surface area (Å²) in [5, 5.41) is 9.43. The molecule has 1 amide bonds. The Morgan fingerprint density at radius 1 is 1.45 bits per heavy atom. The molecule has 0 aliphatic heterocycles. The molecule has 0 saturated heterocycles. The van der Waals surface area contributed by atoms with Gasteiger partial charge in [0.25, 0.3) is 5.91 Å². The van der Waals surface area contributed by atoms with Gasteiger partial charge in [-0.05, 0) is 20.3 Å². The number of aromatic nitrogens is 3. The highest BCUT2D eigenvalue weighted by molar-refractivity contribution is 5.92. The van der Waals surface area contributed by atoms with Crippen LogP contribution >= 0.6 is 0 Å². The molecule has 1 heterocycles. The van der Waals surface area contributed by atoms with Crippen LogP contribution in [0.4, 0.5) is 5.95 Å². The first kappa shape index (κ1) is 15.9. The van der Waals surface area contributed by atoms with Crippen LogP contribution < -0.4 is 5.32 Å². The number of aromatic amines is 1. The van der Waals surface area contributed by atoms with E-state index < -0.39 is 6.10 Å². The first-order chi connectivity index (χ1) is 10.6. The van der Waals surface area contributed by atoms with Crippen LogP contribution in [0, 0.1) is 6.92 Å². The van der Waals surface area contributed by atoms with E-state index in [1.807, 2.05) is 31.2 Å². The highest BCUT2D eigenvalue weighted by atomic mass is 16.5. The molecule has 0 bridgehead atoms. The molecule has 22 heavy (non-hydrogen) atoms. The Balaban J connectivity index is 1.95. The fourth-order valence-corrected chi connectivity index (χ4v) is 1.77. The van der Waals surface area contributed by atoms with Gasteiger partial charge in [-0.25, -0.2) is 0 Å². The summed E-state index contributed by atoms with van der Waals surface area (Å²) in [5.41, 5.74) is 2.08. The SMILES string of the molecule is C=CCCOC(C)C(=O)Nc1n[nH]c(-c2ccc(C)cc2)n1. The van der Waals surface area contributed by atoms with Gasteiger partial charge in [0.2, 0.25) is 5.95 Å². The van der Waals surface area contributed by atoms with Gasteiger partial charge in [0.15, 0.2) is 5.82 Å². The van der Waals surface area contributed by atoms with Crippen LogP contribution in [0.1, 0.15) is 18.9 Å². The third kappa shape index (κ3) is 4.26. The summed E-state index contributed by atoms with van der Waals surface area (Å²) in [6.45, 7) is 7.77. The quantitative estimate of drug-likeness (QED) is 0.608. The molecule has 0 aliphatic carbocycles. The second kappa shape index (κ2) is 7.51. The van der Waals surface area contributed by atoms with Crippen molar-refractivity contribution in [2.24, 2.45) is 0 Å². The summed E-state index contributed by atoms with van der Waals surface area (Å²) >= 11 is 0. The third-order valence-corrected chi connectivity index (χ3v) is 3.10. The molecule has 2 rings (SSSR count). The largest absolute Gasteiger partial charge is 0.368 e. The second-order valence-corrected chi connectivity index (χ2v) is 4.95. The molecule has 1 atom stereocenters. The normalized spacial score (nSPS) is 11.9. The van der Waals surface area contributed by atoms with E-state index in [1.165, 1.54) is 5.56 Å². The molecule has 2 N–H and O–H groups in total. The zero-order chi connectivity index (χ0) is 15.9. The highest BCUT2D eigenvalue weighted by Crippen LogP contribution is 2.16. The Hall–Kier alpha value is -2.47. The topological polar surface area (TPSA) is 79.9 Å². The van der Waals surface area contributed by atoms with Crippen molar-refractivity contribution in [2.75, 3.05) is 11.9 Å². The van der Waals surface area contributed by atoms with E-state index in [4.69, 9.17) is 4.74 Å². The fourth-order valence-electron chi connectivity index (χ4n) is 1.77. The zero-order valence-corrected chi connectivity index (χ0v) is 12.8. The number of nitrogens with zero attached hydrogens (tertiary/aromatic N) is 2. The van der Waals surface area contributed by atoms with E-state index >= 15 is 0 Å². The number of aryl methyl sites for hydroxylation is 1. The second-order valence-electron chi connectivity index (χ2n) is 4.95. The van der Waals surface area contributed by atoms with Gasteiger partial charge in [-0.15, -0.1) is 11.7 Å². The smallest absolute Gasteiger partial charge is 0.255 e. The van der Waals surface area contributed by atoms with Gasteiger partial charge < -0.3 is 4.74 Å². The maximum absolute atomic E-state index is 11.9. The first-order valence-electron chi connectivity index (χ1n) is 7.13. The lowest BCUT2D eigenvalue weighted by atomic mass is 10.1. The summed E-state index contributed by atoms with van der Waals surface area (Å²) in [6, 6.07) is 7.88. The molecule has 1 aromatic carbocycles. The van der Waals surface area contributed by atoms with E-state index in [9.17, 15) is 4.79 Å². The van der Waals surface area contributed by atoms with Crippen LogP contribution in [0.3, 0.4) is 0 Å². The summed E-state index contributed by atoms with van der Waals surface area (Å²) in [5.74, 6) is 0.564. The molecular formula is C16H20N4O2. The molecule has 2 aromatic rings. The molecular weight excluding hydrogens is 280 g/mol. The van der Waals surface area contributed by atoms with Gasteiger partial charge in [-0.3, -0.25) is 15.2 Å². The maximum Gasteiger partial charge on any atom is 0.255 e. The van der Waals surface area contributed by atoms with Crippen LogP contribution in [0.25, 0.3) is 11.4 Å².